The molecule has 0 spiro atoms. The van der Waals surface area contributed by atoms with Gasteiger partial charge in [-0.25, -0.2) is 0 Å². The van der Waals surface area contributed by atoms with E-state index in [1.807, 2.05) is 0 Å². The first-order valence-corrected chi connectivity index (χ1v) is 7.04. The number of hydrogen-bond donors (Lipinski definition) is 3. The van der Waals surface area contributed by atoms with E-state index in [0.29, 0.717) is 23.7 Å². The first-order chi connectivity index (χ1) is 10.0. The van der Waals surface area contributed by atoms with Crippen LogP contribution in [0.3, 0.4) is 0 Å². The summed E-state index contributed by atoms with van der Waals surface area (Å²) >= 11 is 4.85. The van der Waals surface area contributed by atoms with Crippen molar-refractivity contribution in [3.63, 3.8) is 0 Å². The van der Waals surface area contributed by atoms with Crippen molar-refractivity contribution in [3.05, 3.63) is 29.8 Å². The van der Waals surface area contributed by atoms with Crippen LogP contribution in [-0.2, 0) is 9.59 Å². The molecule has 1 aromatic carbocycles. The molecule has 2 rings (SSSR count). The van der Waals surface area contributed by atoms with Gasteiger partial charge in [-0.15, -0.1) is 0 Å². The molecule has 0 aliphatic carbocycles. The summed E-state index contributed by atoms with van der Waals surface area (Å²) in [6.07, 6.45) is 1.27. The van der Waals surface area contributed by atoms with E-state index < -0.39 is 0 Å². The Morgan fingerprint density at radius 1 is 1.43 bits per heavy atom. The van der Waals surface area contributed by atoms with Crippen LogP contribution in [-0.4, -0.2) is 36.0 Å². The molecular formula is C14H17N3O3S. The van der Waals surface area contributed by atoms with Gasteiger partial charge in [-0.05, 0) is 30.7 Å². The van der Waals surface area contributed by atoms with Crippen LogP contribution in [0, 0.1) is 0 Å². The van der Waals surface area contributed by atoms with Gasteiger partial charge in [0.25, 0.3) is 5.91 Å². The molecule has 112 valence electrons. The van der Waals surface area contributed by atoms with E-state index in [9.17, 15) is 9.59 Å². The molecule has 7 heteroatoms. The fourth-order valence-electron chi connectivity index (χ4n) is 1.98. The SMILES string of the molecule is NC(=S)c1ccc(OCC(=O)NCC2CCC(=O)N2)cc1. The molecule has 0 aromatic heterocycles. The number of carbonyl (C=O) groups excluding carboxylic acids is 2. The Kier molecular flexibility index (Phi) is 5.10. The van der Waals surface area contributed by atoms with Crippen LogP contribution < -0.4 is 21.1 Å². The van der Waals surface area contributed by atoms with Crippen LogP contribution in [0.1, 0.15) is 18.4 Å². The molecule has 6 nitrogen and oxygen atoms in total. The van der Waals surface area contributed by atoms with Gasteiger partial charge in [-0.2, -0.15) is 0 Å². The topological polar surface area (TPSA) is 93.4 Å². The predicted molar refractivity (Wildman–Crippen MR) is 82.0 cm³/mol. The Morgan fingerprint density at radius 3 is 2.71 bits per heavy atom. The van der Waals surface area contributed by atoms with Gasteiger partial charge in [-0.1, -0.05) is 12.2 Å². The van der Waals surface area contributed by atoms with Gasteiger partial charge in [0.2, 0.25) is 5.91 Å². The first kappa shape index (κ1) is 15.2. The smallest absolute Gasteiger partial charge is 0.258 e. The lowest BCUT2D eigenvalue weighted by Gasteiger charge is -2.12. The second-order valence-corrected chi connectivity index (χ2v) is 5.22. The van der Waals surface area contributed by atoms with Crippen molar-refractivity contribution in [1.82, 2.24) is 10.6 Å². The quantitative estimate of drug-likeness (QED) is 0.648. The van der Waals surface area contributed by atoms with Gasteiger partial charge >= 0.3 is 0 Å². The molecule has 21 heavy (non-hydrogen) atoms. The van der Waals surface area contributed by atoms with Crippen molar-refractivity contribution in [1.29, 1.82) is 0 Å². The molecule has 1 aliphatic heterocycles. The summed E-state index contributed by atoms with van der Waals surface area (Å²) < 4.78 is 5.36. The van der Waals surface area contributed by atoms with Crippen LogP contribution in [0.25, 0.3) is 0 Å². The normalized spacial score (nSPS) is 17.1. The molecule has 0 bridgehead atoms. The number of benzene rings is 1. The third kappa shape index (κ3) is 4.71. The lowest BCUT2D eigenvalue weighted by atomic mass is 10.2. The molecule has 0 saturated carbocycles. The highest BCUT2D eigenvalue weighted by Crippen LogP contribution is 2.12. The van der Waals surface area contributed by atoms with Crippen molar-refractivity contribution < 1.29 is 14.3 Å². The standard InChI is InChI=1S/C14H17N3O3S/c15-14(21)9-1-4-11(5-2-9)20-8-13(19)16-7-10-3-6-12(18)17-10/h1-2,4-5,10H,3,6-8H2,(H2,15,21)(H,16,19)(H,17,18). The third-order valence-corrected chi connectivity index (χ3v) is 3.38. The minimum Gasteiger partial charge on any atom is -0.484 e. The van der Waals surface area contributed by atoms with E-state index >= 15 is 0 Å². The maximum absolute atomic E-state index is 11.6. The summed E-state index contributed by atoms with van der Waals surface area (Å²) in [5, 5.41) is 5.51. The van der Waals surface area contributed by atoms with Gasteiger partial charge in [0.15, 0.2) is 6.61 Å². The molecule has 0 radical (unpaired) electrons. The molecule has 4 N–H and O–H groups in total. The average molecular weight is 307 g/mol. The first-order valence-electron chi connectivity index (χ1n) is 6.63. The van der Waals surface area contributed by atoms with E-state index in [0.717, 1.165) is 12.0 Å². The number of amides is 2. The summed E-state index contributed by atoms with van der Waals surface area (Å²) in [5.41, 5.74) is 6.24. The Balaban J connectivity index is 1.71. The van der Waals surface area contributed by atoms with Crippen molar-refractivity contribution in [2.24, 2.45) is 5.73 Å². The van der Waals surface area contributed by atoms with Gasteiger partial charge in [0, 0.05) is 24.6 Å². The average Bonchev–Trinajstić information content (AvgIpc) is 2.89. The number of carbonyl (C=O) groups is 2. The monoisotopic (exact) mass is 307 g/mol. The van der Waals surface area contributed by atoms with Gasteiger partial charge in [0.1, 0.15) is 10.7 Å². The Hall–Kier alpha value is -2.15. The Bertz CT molecular complexity index is 545. The highest BCUT2D eigenvalue weighted by molar-refractivity contribution is 7.80. The van der Waals surface area contributed by atoms with Crippen LogP contribution in [0.15, 0.2) is 24.3 Å². The zero-order valence-corrected chi connectivity index (χ0v) is 12.2. The molecule has 1 fully saturated rings. The lowest BCUT2D eigenvalue weighted by Crippen LogP contribution is -2.40. The van der Waals surface area contributed by atoms with E-state index in [2.05, 4.69) is 10.6 Å². The summed E-state index contributed by atoms with van der Waals surface area (Å²) in [6.45, 7) is 0.349. The molecule has 1 unspecified atom stereocenters. The number of ether oxygens (including phenoxy) is 1. The zero-order chi connectivity index (χ0) is 15.2. The minimum atomic E-state index is -0.227. The summed E-state index contributed by atoms with van der Waals surface area (Å²) in [7, 11) is 0. The van der Waals surface area contributed by atoms with Crippen LogP contribution in [0.2, 0.25) is 0 Å². The van der Waals surface area contributed by atoms with E-state index in [1.165, 1.54) is 0 Å². The fourth-order valence-corrected chi connectivity index (χ4v) is 2.12. The van der Waals surface area contributed by atoms with Crippen molar-refractivity contribution in [3.8, 4) is 5.75 Å². The van der Waals surface area contributed by atoms with Crippen LogP contribution in [0.4, 0.5) is 0 Å². The summed E-state index contributed by atoms with van der Waals surface area (Å²) in [4.78, 5) is 23.0. The van der Waals surface area contributed by atoms with Crippen LogP contribution in [0.5, 0.6) is 5.75 Å². The molecule has 1 saturated heterocycles. The molecule has 1 aliphatic rings. The second-order valence-electron chi connectivity index (χ2n) is 4.78. The molecule has 1 atom stereocenters. The maximum Gasteiger partial charge on any atom is 0.258 e. The van der Waals surface area contributed by atoms with E-state index in [1.54, 1.807) is 24.3 Å². The van der Waals surface area contributed by atoms with Crippen molar-refractivity contribution in [2.75, 3.05) is 13.2 Å². The minimum absolute atomic E-state index is 0.0197. The fraction of sp³-hybridized carbons (Fsp3) is 0.357. The summed E-state index contributed by atoms with van der Waals surface area (Å²) in [5.74, 6) is 0.372. The van der Waals surface area contributed by atoms with Crippen molar-refractivity contribution >= 4 is 29.0 Å². The van der Waals surface area contributed by atoms with E-state index in [-0.39, 0.29) is 24.5 Å². The van der Waals surface area contributed by atoms with Gasteiger partial charge < -0.3 is 21.1 Å². The second kappa shape index (κ2) is 7.03. The lowest BCUT2D eigenvalue weighted by molar-refractivity contribution is -0.123. The molecule has 2 amide bonds. The van der Waals surface area contributed by atoms with Crippen LogP contribution >= 0.6 is 12.2 Å². The predicted octanol–water partition coefficient (Wildman–Crippen LogP) is 0.0944. The zero-order valence-electron chi connectivity index (χ0n) is 11.4. The molecule has 1 heterocycles. The Labute approximate surface area is 128 Å². The number of nitrogens with one attached hydrogen (secondary N) is 2. The number of nitrogens with two attached hydrogens (primary N) is 1. The number of rotatable bonds is 6. The van der Waals surface area contributed by atoms with Gasteiger partial charge in [-0.3, -0.25) is 9.59 Å². The highest BCUT2D eigenvalue weighted by Gasteiger charge is 2.20. The number of hydrogen-bond acceptors (Lipinski definition) is 4. The molecule has 1 aromatic rings. The van der Waals surface area contributed by atoms with Crippen molar-refractivity contribution in [2.45, 2.75) is 18.9 Å². The third-order valence-electron chi connectivity index (χ3n) is 3.14. The number of thiocarbonyl (C=S) groups is 1. The molecular weight excluding hydrogens is 290 g/mol. The highest BCUT2D eigenvalue weighted by atomic mass is 32.1. The summed E-state index contributed by atoms with van der Waals surface area (Å²) in [6, 6.07) is 6.91. The maximum atomic E-state index is 11.6. The van der Waals surface area contributed by atoms with E-state index in [4.69, 9.17) is 22.7 Å². The Morgan fingerprint density at radius 2 is 2.14 bits per heavy atom. The largest absolute Gasteiger partial charge is 0.484 e. The van der Waals surface area contributed by atoms with Gasteiger partial charge in [0.05, 0.1) is 0 Å².